The van der Waals surface area contributed by atoms with Gasteiger partial charge in [0.15, 0.2) is 0 Å². The molecule has 0 atom stereocenters. The van der Waals surface area contributed by atoms with Gasteiger partial charge in [-0.15, -0.1) is 6.58 Å². The molecule has 0 heterocycles. The summed E-state index contributed by atoms with van der Waals surface area (Å²) in [5.41, 5.74) is 5.91. The summed E-state index contributed by atoms with van der Waals surface area (Å²) in [6.45, 7) is 3.75. The van der Waals surface area contributed by atoms with Crippen molar-refractivity contribution < 1.29 is 8.42 Å². The molecule has 2 N–H and O–H groups in total. The predicted octanol–water partition coefficient (Wildman–Crippen LogP) is 1.84. The quantitative estimate of drug-likeness (QED) is 0.682. The van der Waals surface area contributed by atoms with E-state index in [1.807, 2.05) is 0 Å². The first-order valence-corrected chi connectivity index (χ1v) is 6.75. The van der Waals surface area contributed by atoms with Gasteiger partial charge in [-0.1, -0.05) is 22.0 Å². The van der Waals surface area contributed by atoms with Crippen LogP contribution in [-0.2, 0) is 10.0 Å². The SMILES string of the molecule is C=CCN(C)S(=O)(=O)c1ccc(Br)cc1N. The fraction of sp³-hybridized carbons (Fsp3) is 0.200. The summed E-state index contributed by atoms with van der Waals surface area (Å²) in [6, 6.07) is 4.69. The number of rotatable bonds is 4. The van der Waals surface area contributed by atoms with Crippen molar-refractivity contribution in [1.82, 2.24) is 4.31 Å². The van der Waals surface area contributed by atoms with Crippen LogP contribution in [0.2, 0.25) is 0 Å². The average Bonchev–Trinajstić information content (AvgIpc) is 2.17. The maximum absolute atomic E-state index is 12.0. The second kappa shape index (κ2) is 4.99. The van der Waals surface area contributed by atoms with Crippen LogP contribution in [0.25, 0.3) is 0 Å². The van der Waals surface area contributed by atoms with E-state index in [2.05, 4.69) is 22.5 Å². The zero-order valence-electron chi connectivity index (χ0n) is 8.85. The van der Waals surface area contributed by atoms with Crippen molar-refractivity contribution in [1.29, 1.82) is 0 Å². The Morgan fingerprint density at radius 3 is 2.69 bits per heavy atom. The topological polar surface area (TPSA) is 63.4 Å². The molecule has 0 aliphatic carbocycles. The van der Waals surface area contributed by atoms with E-state index in [4.69, 9.17) is 5.73 Å². The van der Waals surface area contributed by atoms with Gasteiger partial charge in [0.05, 0.1) is 5.69 Å². The lowest BCUT2D eigenvalue weighted by Gasteiger charge is -2.16. The number of hydrogen-bond donors (Lipinski definition) is 1. The maximum atomic E-state index is 12.0. The van der Waals surface area contributed by atoms with Gasteiger partial charge in [-0.05, 0) is 18.2 Å². The van der Waals surface area contributed by atoms with Gasteiger partial charge in [-0.3, -0.25) is 0 Å². The van der Waals surface area contributed by atoms with Gasteiger partial charge < -0.3 is 5.73 Å². The molecule has 0 radical (unpaired) electrons. The molecule has 0 unspecified atom stereocenters. The second-order valence-corrected chi connectivity index (χ2v) is 6.19. The Kier molecular flexibility index (Phi) is 4.12. The van der Waals surface area contributed by atoms with Gasteiger partial charge >= 0.3 is 0 Å². The Morgan fingerprint density at radius 1 is 1.56 bits per heavy atom. The van der Waals surface area contributed by atoms with Crippen molar-refractivity contribution in [3.05, 3.63) is 35.3 Å². The molecule has 0 aromatic heterocycles. The zero-order valence-corrected chi connectivity index (χ0v) is 11.3. The Bertz CT molecular complexity index is 500. The molecule has 0 saturated heterocycles. The molecular weight excluding hydrogens is 292 g/mol. The highest BCUT2D eigenvalue weighted by molar-refractivity contribution is 9.10. The first-order valence-electron chi connectivity index (χ1n) is 4.52. The van der Waals surface area contributed by atoms with Crippen molar-refractivity contribution in [3.63, 3.8) is 0 Å². The molecule has 6 heteroatoms. The van der Waals surface area contributed by atoms with Crippen molar-refractivity contribution in [2.24, 2.45) is 0 Å². The molecular formula is C10H13BrN2O2S. The van der Waals surface area contributed by atoms with E-state index in [1.165, 1.54) is 23.5 Å². The predicted molar refractivity (Wildman–Crippen MR) is 68.6 cm³/mol. The molecule has 0 fully saturated rings. The van der Waals surface area contributed by atoms with E-state index in [1.54, 1.807) is 12.1 Å². The summed E-state index contributed by atoms with van der Waals surface area (Å²) in [5.74, 6) is 0. The third-order valence-electron chi connectivity index (χ3n) is 2.05. The van der Waals surface area contributed by atoms with Gasteiger partial charge in [-0.25, -0.2) is 8.42 Å². The highest BCUT2D eigenvalue weighted by Crippen LogP contribution is 2.24. The van der Waals surface area contributed by atoms with Crippen molar-refractivity contribution in [2.45, 2.75) is 4.90 Å². The van der Waals surface area contributed by atoms with E-state index >= 15 is 0 Å². The first kappa shape index (κ1) is 13.2. The zero-order chi connectivity index (χ0) is 12.3. The number of halogens is 1. The average molecular weight is 305 g/mol. The van der Waals surface area contributed by atoms with Crippen LogP contribution in [0.3, 0.4) is 0 Å². The summed E-state index contributed by atoms with van der Waals surface area (Å²) in [5, 5.41) is 0. The van der Waals surface area contributed by atoms with Gasteiger partial charge in [0.1, 0.15) is 4.90 Å². The largest absolute Gasteiger partial charge is 0.398 e. The number of nitrogens with zero attached hydrogens (tertiary/aromatic N) is 1. The maximum Gasteiger partial charge on any atom is 0.245 e. The van der Waals surface area contributed by atoms with Crippen LogP contribution in [0.1, 0.15) is 0 Å². The number of anilines is 1. The number of benzene rings is 1. The van der Waals surface area contributed by atoms with Crippen molar-refractivity contribution in [2.75, 3.05) is 19.3 Å². The van der Waals surface area contributed by atoms with Crippen LogP contribution in [0, 0.1) is 0 Å². The summed E-state index contributed by atoms with van der Waals surface area (Å²) in [7, 11) is -2.05. The Morgan fingerprint density at radius 2 is 2.19 bits per heavy atom. The molecule has 4 nitrogen and oxygen atoms in total. The highest BCUT2D eigenvalue weighted by Gasteiger charge is 2.22. The van der Waals surface area contributed by atoms with Crippen LogP contribution in [0.15, 0.2) is 40.2 Å². The number of likely N-dealkylation sites (N-methyl/N-ethyl adjacent to an activating group) is 1. The Balaban J connectivity index is 3.22. The van der Waals surface area contributed by atoms with Crippen LogP contribution in [0.4, 0.5) is 5.69 Å². The van der Waals surface area contributed by atoms with Gasteiger partial charge in [0.2, 0.25) is 10.0 Å². The van der Waals surface area contributed by atoms with E-state index in [-0.39, 0.29) is 17.1 Å². The summed E-state index contributed by atoms with van der Waals surface area (Å²) >= 11 is 3.23. The molecule has 88 valence electrons. The van der Waals surface area contributed by atoms with Gasteiger partial charge in [0, 0.05) is 18.1 Å². The smallest absolute Gasteiger partial charge is 0.245 e. The lowest BCUT2D eigenvalue weighted by Crippen LogP contribution is -2.27. The number of nitrogen functional groups attached to an aromatic ring is 1. The molecule has 1 aromatic rings. The Labute approximate surface area is 104 Å². The standard InChI is InChI=1S/C10H13BrN2O2S/c1-3-6-13(2)16(14,15)10-5-4-8(11)7-9(10)12/h3-5,7H,1,6,12H2,2H3. The fourth-order valence-corrected chi connectivity index (χ4v) is 2.82. The molecule has 0 aliphatic rings. The monoisotopic (exact) mass is 304 g/mol. The van der Waals surface area contributed by atoms with Crippen LogP contribution in [-0.4, -0.2) is 26.3 Å². The van der Waals surface area contributed by atoms with Crippen molar-refractivity contribution >= 4 is 31.6 Å². The molecule has 0 bridgehead atoms. The lowest BCUT2D eigenvalue weighted by atomic mass is 10.3. The minimum absolute atomic E-state index is 0.111. The van der Waals surface area contributed by atoms with Crippen LogP contribution in [0.5, 0.6) is 0 Å². The van der Waals surface area contributed by atoms with E-state index in [0.29, 0.717) is 0 Å². The number of hydrogen-bond acceptors (Lipinski definition) is 3. The number of nitrogens with two attached hydrogens (primary N) is 1. The van der Waals surface area contributed by atoms with Crippen molar-refractivity contribution in [3.8, 4) is 0 Å². The fourth-order valence-electron chi connectivity index (χ4n) is 1.20. The summed E-state index contributed by atoms with van der Waals surface area (Å²) in [6.07, 6.45) is 1.52. The lowest BCUT2D eigenvalue weighted by molar-refractivity contribution is 0.500. The molecule has 1 rings (SSSR count). The minimum atomic E-state index is -3.53. The number of sulfonamides is 1. The van der Waals surface area contributed by atoms with Gasteiger partial charge in [-0.2, -0.15) is 4.31 Å². The summed E-state index contributed by atoms with van der Waals surface area (Å²) in [4.78, 5) is 0.111. The Hall–Kier alpha value is -0.850. The third kappa shape index (κ3) is 2.63. The third-order valence-corrected chi connectivity index (χ3v) is 4.44. The molecule has 1 aromatic carbocycles. The van der Waals surface area contributed by atoms with E-state index < -0.39 is 10.0 Å². The molecule has 0 aliphatic heterocycles. The van der Waals surface area contributed by atoms with Crippen LogP contribution >= 0.6 is 15.9 Å². The normalized spacial score (nSPS) is 11.7. The van der Waals surface area contributed by atoms with E-state index in [0.717, 1.165) is 4.47 Å². The molecule has 0 spiro atoms. The van der Waals surface area contributed by atoms with Gasteiger partial charge in [0.25, 0.3) is 0 Å². The highest BCUT2D eigenvalue weighted by atomic mass is 79.9. The summed E-state index contributed by atoms with van der Waals surface area (Å²) < 4.78 is 26.0. The second-order valence-electron chi connectivity index (χ2n) is 3.26. The molecule has 16 heavy (non-hydrogen) atoms. The molecule has 0 amide bonds. The van der Waals surface area contributed by atoms with Crippen LogP contribution < -0.4 is 5.73 Å². The first-order chi connectivity index (χ1) is 7.39. The molecule has 0 saturated carbocycles. The van der Waals surface area contributed by atoms with E-state index in [9.17, 15) is 8.42 Å². The minimum Gasteiger partial charge on any atom is -0.398 e.